The number of alkyl halides is 2. The lowest BCUT2D eigenvalue weighted by Gasteiger charge is -2.09. The van der Waals surface area contributed by atoms with E-state index < -0.39 is 30.8 Å². The molecule has 0 atom stereocenters. The molecular weight excluding hydrogens is 290 g/mol. The van der Waals surface area contributed by atoms with Crippen LogP contribution in [0.15, 0.2) is 18.2 Å². The van der Waals surface area contributed by atoms with Gasteiger partial charge in [-0.2, -0.15) is 0 Å². The number of amides is 2. The van der Waals surface area contributed by atoms with Crippen molar-refractivity contribution in [2.24, 2.45) is 0 Å². The average molecular weight is 304 g/mol. The number of halogens is 2. The molecule has 1 aromatic carbocycles. The van der Waals surface area contributed by atoms with Crippen molar-refractivity contribution >= 4 is 17.7 Å². The summed E-state index contributed by atoms with van der Waals surface area (Å²) in [6.45, 7) is -0.765. The SMILES string of the molecule is O=C(NCCOCC(F)F)Nc1ccc(O)c(C(=O)O)c1. The second-order valence-corrected chi connectivity index (χ2v) is 3.88. The standard InChI is InChI=1S/C12H14F2N2O5/c13-10(14)6-21-4-3-15-12(20)16-7-1-2-9(17)8(5-7)11(18)19/h1-2,5,10,17H,3-4,6H2,(H,18,19)(H2,15,16,20). The summed E-state index contributed by atoms with van der Waals surface area (Å²) < 4.78 is 28.1. The van der Waals surface area contributed by atoms with Gasteiger partial charge in [-0.25, -0.2) is 18.4 Å². The number of hydrogen-bond donors (Lipinski definition) is 4. The molecule has 0 aromatic heterocycles. The zero-order valence-corrected chi connectivity index (χ0v) is 10.8. The van der Waals surface area contributed by atoms with Crippen molar-refractivity contribution in [2.75, 3.05) is 25.1 Å². The minimum absolute atomic E-state index is 0.0163. The molecule has 0 aliphatic rings. The molecule has 4 N–H and O–H groups in total. The van der Waals surface area contributed by atoms with Gasteiger partial charge >= 0.3 is 12.0 Å². The summed E-state index contributed by atoms with van der Waals surface area (Å²) in [5, 5.41) is 22.8. The second-order valence-electron chi connectivity index (χ2n) is 3.88. The first kappa shape index (κ1) is 16.6. The van der Waals surface area contributed by atoms with Crippen molar-refractivity contribution < 1.29 is 33.3 Å². The average Bonchev–Trinajstić information content (AvgIpc) is 2.40. The molecule has 0 saturated carbocycles. The number of phenols is 1. The van der Waals surface area contributed by atoms with Crippen LogP contribution in [0.5, 0.6) is 5.75 Å². The van der Waals surface area contributed by atoms with Gasteiger partial charge < -0.3 is 25.6 Å². The fourth-order valence-corrected chi connectivity index (χ4v) is 1.37. The molecule has 0 saturated heterocycles. The Kier molecular flexibility index (Phi) is 6.34. The molecule has 2 amide bonds. The molecule has 0 bridgehead atoms. The minimum atomic E-state index is -2.56. The lowest BCUT2D eigenvalue weighted by atomic mass is 10.2. The van der Waals surface area contributed by atoms with Crippen LogP contribution in [-0.2, 0) is 4.74 Å². The number of hydrogen-bond acceptors (Lipinski definition) is 4. The van der Waals surface area contributed by atoms with Crippen LogP contribution in [0, 0.1) is 0 Å². The predicted molar refractivity (Wildman–Crippen MR) is 68.9 cm³/mol. The largest absolute Gasteiger partial charge is 0.507 e. The van der Waals surface area contributed by atoms with E-state index in [0.717, 1.165) is 12.1 Å². The first-order valence-corrected chi connectivity index (χ1v) is 5.87. The summed E-state index contributed by atoms with van der Waals surface area (Å²) in [7, 11) is 0. The van der Waals surface area contributed by atoms with Gasteiger partial charge in [0.15, 0.2) is 0 Å². The molecule has 0 aliphatic carbocycles. The molecular formula is C12H14F2N2O5. The summed E-state index contributed by atoms with van der Waals surface area (Å²) in [4.78, 5) is 22.2. The Morgan fingerprint density at radius 2 is 2.05 bits per heavy atom. The van der Waals surface area contributed by atoms with E-state index in [2.05, 4.69) is 15.4 Å². The van der Waals surface area contributed by atoms with E-state index in [4.69, 9.17) is 5.11 Å². The number of rotatable bonds is 7. The number of aromatic carboxylic acids is 1. The monoisotopic (exact) mass is 304 g/mol. The highest BCUT2D eigenvalue weighted by atomic mass is 19.3. The zero-order valence-electron chi connectivity index (χ0n) is 10.8. The van der Waals surface area contributed by atoms with Crippen LogP contribution in [-0.4, -0.2) is 48.4 Å². The molecule has 116 valence electrons. The Morgan fingerprint density at radius 1 is 1.33 bits per heavy atom. The maximum absolute atomic E-state index is 11.8. The van der Waals surface area contributed by atoms with E-state index in [0.29, 0.717) is 0 Å². The van der Waals surface area contributed by atoms with E-state index in [1.165, 1.54) is 6.07 Å². The number of ether oxygens (including phenoxy) is 1. The van der Waals surface area contributed by atoms with Gasteiger partial charge in [0.25, 0.3) is 6.43 Å². The lowest BCUT2D eigenvalue weighted by Crippen LogP contribution is -2.32. The van der Waals surface area contributed by atoms with Crippen molar-refractivity contribution in [3.05, 3.63) is 23.8 Å². The number of urea groups is 1. The first-order valence-electron chi connectivity index (χ1n) is 5.87. The van der Waals surface area contributed by atoms with Crippen LogP contribution < -0.4 is 10.6 Å². The van der Waals surface area contributed by atoms with Gasteiger partial charge in [-0.3, -0.25) is 0 Å². The van der Waals surface area contributed by atoms with Gasteiger partial charge in [0.1, 0.15) is 17.9 Å². The zero-order chi connectivity index (χ0) is 15.8. The Labute approximate surface area is 118 Å². The van der Waals surface area contributed by atoms with Gasteiger partial charge in [0.05, 0.1) is 6.61 Å². The first-order chi connectivity index (χ1) is 9.90. The molecule has 21 heavy (non-hydrogen) atoms. The summed E-state index contributed by atoms with van der Waals surface area (Å²) in [5.74, 6) is -1.76. The molecule has 0 radical (unpaired) electrons. The van der Waals surface area contributed by atoms with E-state index >= 15 is 0 Å². The van der Waals surface area contributed by atoms with Gasteiger partial charge in [0.2, 0.25) is 0 Å². The quantitative estimate of drug-likeness (QED) is 0.451. The fraction of sp³-hybridized carbons (Fsp3) is 0.333. The Bertz CT molecular complexity index is 510. The maximum atomic E-state index is 11.8. The number of benzene rings is 1. The molecule has 9 heteroatoms. The highest BCUT2D eigenvalue weighted by molar-refractivity contribution is 5.95. The predicted octanol–water partition coefficient (Wildman–Crippen LogP) is 1.49. The van der Waals surface area contributed by atoms with Crippen LogP contribution in [0.3, 0.4) is 0 Å². The van der Waals surface area contributed by atoms with Crippen molar-refractivity contribution in [2.45, 2.75) is 6.43 Å². The van der Waals surface area contributed by atoms with Gasteiger partial charge in [0, 0.05) is 12.2 Å². The molecule has 0 unspecified atom stereocenters. The summed E-state index contributed by atoms with van der Waals surface area (Å²) >= 11 is 0. The van der Waals surface area contributed by atoms with Gasteiger partial charge in [-0.15, -0.1) is 0 Å². The van der Waals surface area contributed by atoms with Crippen molar-refractivity contribution in [1.29, 1.82) is 0 Å². The normalized spacial score (nSPS) is 10.4. The molecule has 0 heterocycles. The van der Waals surface area contributed by atoms with Crippen LogP contribution in [0.2, 0.25) is 0 Å². The third-order valence-electron chi connectivity index (χ3n) is 2.26. The number of anilines is 1. The topological polar surface area (TPSA) is 108 Å². The molecule has 1 rings (SSSR count). The third-order valence-corrected chi connectivity index (χ3v) is 2.26. The van der Waals surface area contributed by atoms with Crippen molar-refractivity contribution in [3.8, 4) is 5.75 Å². The summed E-state index contributed by atoms with van der Waals surface area (Å²) in [6, 6.07) is 2.88. The van der Waals surface area contributed by atoms with E-state index in [1.807, 2.05) is 0 Å². The Morgan fingerprint density at radius 3 is 2.67 bits per heavy atom. The third kappa shape index (κ3) is 6.04. The van der Waals surface area contributed by atoms with Crippen molar-refractivity contribution in [3.63, 3.8) is 0 Å². The van der Waals surface area contributed by atoms with E-state index in [1.54, 1.807) is 0 Å². The smallest absolute Gasteiger partial charge is 0.339 e. The van der Waals surface area contributed by atoms with Gasteiger partial charge in [-0.1, -0.05) is 0 Å². The summed E-state index contributed by atoms with van der Waals surface area (Å²) in [5.41, 5.74) is -0.190. The molecule has 1 aromatic rings. The highest BCUT2D eigenvalue weighted by Crippen LogP contribution is 2.21. The molecule has 0 spiro atoms. The molecule has 0 fully saturated rings. The molecule has 0 aliphatic heterocycles. The van der Waals surface area contributed by atoms with Gasteiger partial charge in [-0.05, 0) is 18.2 Å². The Hall–Kier alpha value is -2.42. The second kappa shape index (κ2) is 8.00. The number of carbonyl (C=O) groups is 2. The summed E-state index contributed by atoms with van der Waals surface area (Å²) in [6.07, 6.45) is -2.56. The maximum Gasteiger partial charge on any atom is 0.339 e. The lowest BCUT2D eigenvalue weighted by molar-refractivity contribution is 0.0194. The van der Waals surface area contributed by atoms with Crippen LogP contribution in [0.1, 0.15) is 10.4 Å². The van der Waals surface area contributed by atoms with Crippen LogP contribution in [0.25, 0.3) is 0 Å². The van der Waals surface area contributed by atoms with E-state index in [-0.39, 0.29) is 24.4 Å². The van der Waals surface area contributed by atoms with Crippen molar-refractivity contribution in [1.82, 2.24) is 5.32 Å². The number of carboxylic acids is 1. The highest BCUT2D eigenvalue weighted by Gasteiger charge is 2.11. The number of nitrogens with one attached hydrogen (secondary N) is 2. The Balaban J connectivity index is 2.41. The number of aromatic hydroxyl groups is 1. The fourth-order valence-electron chi connectivity index (χ4n) is 1.37. The van der Waals surface area contributed by atoms with Crippen LogP contribution >= 0.6 is 0 Å². The van der Waals surface area contributed by atoms with E-state index in [9.17, 15) is 23.5 Å². The number of carboxylic acid groups (broad SMARTS) is 1. The number of carbonyl (C=O) groups excluding carboxylic acids is 1. The molecule has 7 nitrogen and oxygen atoms in total. The van der Waals surface area contributed by atoms with Crippen LogP contribution in [0.4, 0.5) is 19.3 Å². The minimum Gasteiger partial charge on any atom is -0.507 e.